The molecule has 1 aromatic heterocycles. The molecule has 31 heavy (non-hydrogen) atoms. The van der Waals surface area contributed by atoms with Gasteiger partial charge in [0.2, 0.25) is 6.54 Å². The third kappa shape index (κ3) is 5.37. The Morgan fingerprint density at radius 2 is 1.90 bits per heavy atom. The fraction of sp³-hybridized carbons (Fsp3) is 0.333. The molecule has 0 fully saturated rings. The van der Waals surface area contributed by atoms with Gasteiger partial charge in [-0.3, -0.25) is 14.7 Å². The summed E-state index contributed by atoms with van der Waals surface area (Å²) in [5.41, 5.74) is 2.76. The Morgan fingerprint density at radius 1 is 1.19 bits per heavy atom. The van der Waals surface area contributed by atoms with E-state index in [2.05, 4.69) is 26.1 Å². The summed E-state index contributed by atoms with van der Waals surface area (Å²) in [6, 6.07) is 11.5. The number of thioether (sulfide) groups is 1. The number of rotatable bonds is 9. The minimum absolute atomic E-state index is 0.291. The number of aryl methyl sites for hydroxylation is 2. The van der Waals surface area contributed by atoms with Crippen LogP contribution in [0.1, 0.15) is 29.1 Å². The maximum Gasteiger partial charge on any atom is 0.220 e. The molecule has 0 aliphatic rings. The second kappa shape index (κ2) is 10.1. The van der Waals surface area contributed by atoms with E-state index in [0.29, 0.717) is 33.6 Å². The lowest BCUT2D eigenvalue weighted by molar-refractivity contribution is -0.479. The van der Waals surface area contributed by atoms with Crippen molar-refractivity contribution in [2.45, 2.75) is 31.2 Å². The summed E-state index contributed by atoms with van der Waals surface area (Å²) in [5, 5.41) is 20.0. The van der Waals surface area contributed by atoms with Crippen molar-refractivity contribution in [2.24, 2.45) is 0 Å². The number of aromatic nitrogens is 3. The van der Waals surface area contributed by atoms with Crippen molar-refractivity contribution in [3.05, 3.63) is 67.9 Å². The molecule has 0 unspecified atom stereocenters. The maximum absolute atomic E-state index is 11.5. The first-order chi connectivity index (χ1) is 14.8. The summed E-state index contributed by atoms with van der Waals surface area (Å²) in [5.74, 6) is 1.80. The molecule has 0 bridgehead atoms. The lowest BCUT2D eigenvalue weighted by atomic mass is 10.1. The summed E-state index contributed by atoms with van der Waals surface area (Å²) < 4.78 is 13.7. The summed E-state index contributed by atoms with van der Waals surface area (Å²) in [6.07, 6.45) is 0. The van der Waals surface area contributed by atoms with Crippen molar-refractivity contribution >= 4 is 27.7 Å². The predicted octanol–water partition coefficient (Wildman–Crippen LogP) is 5.16. The van der Waals surface area contributed by atoms with Crippen molar-refractivity contribution in [1.29, 1.82) is 0 Å². The van der Waals surface area contributed by atoms with Crippen molar-refractivity contribution in [3.8, 4) is 17.2 Å². The van der Waals surface area contributed by atoms with Gasteiger partial charge in [-0.1, -0.05) is 45.4 Å². The van der Waals surface area contributed by atoms with E-state index in [4.69, 9.17) is 9.47 Å². The molecule has 0 N–H and O–H groups in total. The number of hydrogen-bond acceptors (Lipinski definition) is 7. The number of ether oxygens (including phenoxy) is 2. The van der Waals surface area contributed by atoms with Crippen LogP contribution in [-0.4, -0.2) is 39.9 Å². The Balaban J connectivity index is 2.03. The molecule has 1 heterocycles. The van der Waals surface area contributed by atoms with Gasteiger partial charge in [-0.25, -0.2) is 0 Å². The van der Waals surface area contributed by atoms with Gasteiger partial charge < -0.3 is 9.47 Å². The maximum atomic E-state index is 11.5. The molecule has 3 rings (SSSR count). The first kappa shape index (κ1) is 23.1. The molecular weight excluding hydrogens is 484 g/mol. The molecule has 0 amide bonds. The third-order valence-electron chi connectivity index (χ3n) is 4.58. The Kier molecular flexibility index (Phi) is 7.55. The van der Waals surface area contributed by atoms with Crippen LogP contribution in [0.15, 0.2) is 46.0 Å². The molecule has 3 aromatic rings. The summed E-state index contributed by atoms with van der Waals surface area (Å²) in [4.78, 5) is 11.2. The molecule has 8 nitrogen and oxygen atoms in total. The summed E-state index contributed by atoms with van der Waals surface area (Å²) >= 11 is 4.84. The van der Waals surface area contributed by atoms with Crippen LogP contribution in [-0.2, 0) is 0 Å². The minimum Gasteiger partial charge on any atom is -0.493 e. The Labute approximate surface area is 193 Å². The van der Waals surface area contributed by atoms with Crippen LogP contribution in [0.3, 0.4) is 0 Å². The number of halogens is 1. The molecule has 1 atom stereocenters. The molecule has 0 saturated heterocycles. The molecule has 164 valence electrons. The van der Waals surface area contributed by atoms with Gasteiger partial charge in [0.1, 0.15) is 11.1 Å². The van der Waals surface area contributed by atoms with Gasteiger partial charge in [0.15, 0.2) is 16.7 Å². The highest BCUT2D eigenvalue weighted by Gasteiger charge is 2.27. The normalized spacial score (nSPS) is 11.9. The van der Waals surface area contributed by atoms with Crippen LogP contribution < -0.4 is 9.47 Å². The van der Waals surface area contributed by atoms with Crippen molar-refractivity contribution in [2.75, 3.05) is 20.3 Å². The van der Waals surface area contributed by atoms with Gasteiger partial charge in [0.05, 0.1) is 13.7 Å². The molecule has 0 aliphatic heterocycles. The van der Waals surface area contributed by atoms with E-state index in [0.717, 1.165) is 16.8 Å². The lowest BCUT2D eigenvalue weighted by Crippen LogP contribution is -2.12. The van der Waals surface area contributed by atoms with Gasteiger partial charge >= 0.3 is 0 Å². The largest absolute Gasteiger partial charge is 0.493 e. The summed E-state index contributed by atoms with van der Waals surface area (Å²) in [6.45, 7) is 5.94. The minimum atomic E-state index is -0.526. The van der Waals surface area contributed by atoms with Crippen molar-refractivity contribution in [1.82, 2.24) is 14.8 Å². The standard InChI is InChI=1S/C21H23BrN4O4S/c1-5-30-19-11-17(22)16(10-18(19)29-4)20(12-25(27)28)31-21-24-23-14(3)26(21)15-8-6-13(2)7-9-15/h6-11,20H,5,12H2,1-4H3/t20-/m0/s1. The Bertz CT molecular complexity index is 1070. The Morgan fingerprint density at radius 3 is 2.52 bits per heavy atom. The fourth-order valence-electron chi connectivity index (χ4n) is 3.10. The van der Waals surface area contributed by atoms with E-state index in [1.807, 2.05) is 49.6 Å². The number of methoxy groups -OCH3 is 1. The molecule has 0 aliphatic carbocycles. The molecular formula is C21H23BrN4O4S. The Hall–Kier alpha value is -2.59. The molecule has 10 heteroatoms. The number of nitrogens with zero attached hydrogens (tertiary/aromatic N) is 4. The SMILES string of the molecule is CCOc1cc(Br)c([C@H](C[N+](=O)[O-])Sc2nnc(C)n2-c2ccc(C)cc2)cc1OC. The quantitative estimate of drug-likeness (QED) is 0.224. The third-order valence-corrected chi connectivity index (χ3v) is 6.43. The van der Waals surface area contributed by atoms with Gasteiger partial charge in [0, 0.05) is 15.1 Å². The highest BCUT2D eigenvalue weighted by atomic mass is 79.9. The highest BCUT2D eigenvalue weighted by molar-refractivity contribution is 9.10. The highest BCUT2D eigenvalue weighted by Crippen LogP contribution is 2.43. The first-order valence-electron chi connectivity index (χ1n) is 9.61. The van der Waals surface area contributed by atoms with E-state index in [9.17, 15) is 10.1 Å². The van der Waals surface area contributed by atoms with E-state index in [1.165, 1.54) is 11.8 Å². The summed E-state index contributed by atoms with van der Waals surface area (Å²) in [7, 11) is 1.54. The number of benzene rings is 2. The zero-order valence-corrected chi connectivity index (χ0v) is 20.1. The topological polar surface area (TPSA) is 92.3 Å². The average Bonchev–Trinajstić information content (AvgIpc) is 3.08. The fourth-order valence-corrected chi connectivity index (χ4v) is 5.05. The molecule has 0 saturated carbocycles. The van der Waals surface area contributed by atoms with Gasteiger partial charge in [-0.05, 0) is 50.6 Å². The number of nitro groups is 1. The van der Waals surface area contributed by atoms with Crippen LogP contribution in [0.4, 0.5) is 0 Å². The molecule has 0 radical (unpaired) electrons. The second-order valence-electron chi connectivity index (χ2n) is 6.78. The van der Waals surface area contributed by atoms with Gasteiger partial charge in [-0.2, -0.15) is 0 Å². The monoisotopic (exact) mass is 506 g/mol. The lowest BCUT2D eigenvalue weighted by Gasteiger charge is -2.18. The van der Waals surface area contributed by atoms with E-state index >= 15 is 0 Å². The molecule has 0 spiro atoms. The number of hydrogen-bond donors (Lipinski definition) is 0. The van der Waals surface area contributed by atoms with E-state index < -0.39 is 5.25 Å². The smallest absolute Gasteiger partial charge is 0.220 e. The van der Waals surface area contributed by atoms with Crippen LogP contribution >= 0.6 is 27.7 Å². The second-order valence-corrected chi connectivity index (χ2v) is 8.80. The van der Waals surface area contributed by atoms with Crippen molar-refractivity contribution in [3.63, 3.8) is 0 Å². The van der Waals surface area contributed by atoms with E-state index in [1.54, 1.807) is 19.2 Å². The van der Waals surface area contributed by atoms with Crippen LogP contribution in [0.5, 0.6) is 11.5 Å². The average molecular weight is 507 g/mol. The zero-order chi connectivity index (χ0) is 22.5. The van der Waals surface area contributed by atoms with Gasteiger partial charge in [0.25, 0.3) is 0 Å². The van der Waals surface area contributed by atoms with Gasteiger partial charge in [-0.15, -0.1) is 10.2 Å². The van der Waals surface area contributed by atoms with Crippen LogP contribution in [0, 0.1) is 24.0 Å². The zero-order valence-electron chi connectivity index (χ0n) is 17.7. The molecule has 2 aromatic carbocycles. The van der Waals surface area contributed by atoms with Crippen molar-refractivity contribution < 1.29 is 14.4 Å². The van der Waals surface area contributed by atoms with E-state index in [-0.39, 0.29) is 11.5 Å². The first-order valence-corrected chi connectivity index (χ1v) is 11.3. The predicted molar refractivity (Wildman–Crippen MR) is 123 cm³/mol. The van der Waals surface area contributed by atoms with Crippen LogP contribution in [0.2, 0.25) is 0 Å². The van der Waals surface area contributed by atoms with Crippen LogP contribution in [0.25, 0.3) is 5.69 Å².